The first-order valence-corrected chi connectivity index (χ1v) is 4.12. The Morgan fingerprint density at radius 3 is 2.45 bits per heavy atom. The van der Waals surface area contributed by atoms with Gasteiger partial charge in [0.2, 0.25) is 0 Å². The highest BCUT2D eigenvalue weighted by Crippen LogP contribution is 2.02. The molecule has 2 heteroatoms. The predicted octanol–water partition coefficient (Wildman–Crippen LogP) is 2.99. The molecule has 0 amide bonds. The van der Waals surface area contributed by atoms with Crippen molar-refractivity contribution in [3.8, 4) is 0 Å². The molecule has 0 aromatic rings. The van der Waals surface area contributed by atoms with Gasteiger partial charge in [-0.3, -0.25) is 4.79 Å². The number of halogens is 1. The van der Waals surface area contributed by atoms with Gasteiger partial charge in [0.1, 0.15) is 6.29 Å². The van der Waals surface area contributed by atoms with Crippen LogP contribution in [0.25, 0.3) is 0 Å². The van der Waals surface area contributed by atoms with Crippen molar-refractivity contribution in [2.45, 2.75) is 13.8 Å². The Morgan fingerprint density at radius 2 is 2.09 bits per heavy atom. The summed E-state index contributed by atoms with van der Waals surface area (Å²) in [6.45, 7) is 3.76. The molecule has 60 valence electrons. The lowest BCUT2D eigenvalue weighted by atomic mass is 10.2. The van der Waals surface area contributed by atoms with Gasteiger partial charge in [-0.15, -0.1) is 0 Å². The monoisotopic (exact) mass is 214 g/mol. The molecule has 1 nitrogen and oxygen atoms in total. The molecule has 0 spiro atoms. The van der Waals surface area contributed by atoms with Crippen molar-refractivity contribution in [1.82, 2.24) is 0 Å². The minimum atomic E-state index is 0.690. The second-order valence-corrected chi connectivity index (χ2v) is 3.27. The molecule has 0 fully saturated rings. The van der Waals surface area contributed by atoms with Crippen LogP contribution in [0.2, 0.25) is 0 Å². The van der Waals surface area contributed by atoms with Crippen molar-refractivity contribution in [3.63, 3.8) is 0 Å². The minimum absolute atomic E-state index is 0.690. The van der Waals surface area contributed by atoms with Crippen molar-refractivity contribution in [1.29, 1.82) is 0 Å². The van der Waals surface area contributed by atoms with Crippen LogP contribution in [0.1, 0.15) is 13.8 Å². The van der Waals surface area contributed by atoms with Crippen molar-refractivity contribution < 1.29 is 4.79 Å². The molecular formula is C9H11BrO. The molecule has 0 saturated carbocycles. The molecule has 0 aromatic heterocycles. The number of carbonyl (C=O) groups excluding carboxylic acids is 1. The van der Waals surface area contributed by atoms with Crippen LogP contribution >= 0.6 is 15.9 Å². The maximum atomic E-state index is 10.3. The van der Waals surface area contributed by atoms with E-state index in [1.165, 1.54) is 0 Å². The van der Waals surface area contributed by atoms with Gasteiger partial charge in [-0.25, -0.2) is 0 Å². The zero-order chi connectivity index (χ0) is 8.69. The Kier molecular flexibility index (Phi) is 5.75. The van der Waals surface area contributed by atoms with Gasteiger partial charge in [0.25, 0.3) is 0 Å². The molecule has 0 atom stereocenters. The van der Waals surface area contributed by atoms with Gasteiger partial charge in [-0.05, 0) is 18.3 Å². The number of allylic oxidation sites excluding steroid dienone is 6. The van der Waals surface area contributed by atoms with E-state index < -0.39 is 0 Å². The van der Waals surface area contributed by atoms with E-state index in [0.717, 1.165) is 10.8 Å². The third-order valence-corrected chi connectivity index (χ3v) is 1.35. The first-order chi connectivity index (χ1) is 5.20. The summed E-state index contributed by atoms with van der Waals surface area (Å²) in [5, 5.41) is 0. The third kappa shape index (κ3) is 5.80. The lowest BCUT2D eigenvalue weighted by Crippen LogP contribution is -1.75. The standard InChI is InChI=1S/C9H11BrO/c1-3-9(7-11)6-4-5-8(2)10/h3-7H,1-2H3/b6-4-,8-5+,9-3?. The molecule has 0 bridgehead atoms. The lowest BCUT2D eigenvalue weighted by Gasteiger charge is -1.84. The first kappa shape index (κ1) is 10.4. The van der Waals surface area contributed by atoms with Crippen LogP contribution in [-0.2, 0) is 4.79 Å². The first-order valence-electron chi connectivity index (χ1n) is 3.32. The zero-order valence-electron chi connectivity index (χ0n) is 6.67. The second kappa shape index (κ2) is 6.10. The Hall–Kier alpha value is -0.630. The SMILES string of the molecule is CC=C(C=O)/C=C\C=C(/C)Br. The Balaban J connectivity index is 4.12. The molecule has 11 heavy (non-hydrogen) atoms. The van der Waals surface area contributed by atoms with E-state index in [1.807, 2.05) is 26.0 Å². The summed E-state index contributed by atoms with van der Waals surface area (Å²) in [6, 6.07) is 0. The van der Waals surface area contributed by atoms with Gasteiger partial charge < -0.3 is 0 Å². The summed E-state index contributed by atoms with van der Waals surface area (Å²) in [6.07, 6.45) is 8.06. The number of hydrogen-bond acceptors (Lipinski definition) is 1. The van der Waals surface area contributed by atoms with E-state index in [1.54, 1.807) is 12.2 Å². The molecule has 0 rings (SSSR count). The summed E-state index contributed by atoms with van der Waals surface area (Å²) in [4.78, 5) is 10.3. The quantitative estimate of drug-likeness (QED) is 0.401. The molecule has 0 saturated heterocycles. The zero-order valence-corrected chi connectivity index (χ0v) is 8.26. The largest absolute Gasteiger partial charge is 0.298 e. The molecule has 0 aliphatic heterocycles. The topological polar surface area (TPSA) is 17.1 Å². The van der Waals surface area contributed by atoms with Crippen molar-refractivity contribution >= 4 is 22.2 Å². The Labute approximate surface area is 75.6 Å². The van der Waals surface area contributed by atoms with Gasteiger partial charge in [0, 0.05) is 5.57 Å². The van der Waals surface area contributed by atoms with Crippen LogP contribution in [0.5, 0.6) is 0 Å². The summed E-state index contributed by atoms with van der Waals surface area (Å²) in [5.74, 6) is 0. The summed E-state index contributed by atoms with van der Waals surface area (Å²) in [7, 11) is 0. The van der Waals surface area contributed by atoms with E-state index in [0.29, 0.717) is 5.57 Å². The molecule has 0 unspecified atom stereocenters. The highest BCUT2D eigenvalue weighted by molar-refractivity contribution is 9.11. The molecule has 0 heterocycles. The van der Waals surface area contributed by atoms with Crippen LogP contribution in [-0.4, -0.2) is 6.29 Å². The van der Waals surface area contributed by atoms with Crippen molar-refractivity contribution in [3.05, 3.63) is 34.4 Å². The predicted molar refractivity (Wildman–Crippen MR) is 51.6 cm³/mol. The van der Waals surface area contributed by atoms with Crippen LogP contribution in [0.15, 0.2) is 34.4 Å². The van der Waals surface area contributed by atoms with Gasteiger partial charge in [-0.1, -0.05) is 40.2 Å². The van der Waals surface area contributed by atoms with Crippen LogP contribution < -0.4 is 0 Å². The highest BCUT2D eigenvalue weighted by atomic mass is 79.9. The van der Waals surface area contributed by atoms with E-state index >= 15 is 0 Å². The fraction of sp³-hybridized carbons (Fsp3) is 0.222. The van der Waals surface area contributed by atoms with Crippen LogP contribution in [0, 0.1) is 0 Å². The molecule has 0 aliphatic rings. The number of hydrogen-bond donors (Lipinski definition) is 0. The third-order valence-electron chi connectivity index (χ3n) is 1.08. The average Bonchev–Trinajstić information content (AvgIpc) is 1.98. The Bertz CT molecular complexity index is 208. The maximum Gasteiger partial charge on any atom is 0.149 e. The van der Waals surface area contributed by atoms with E-state index in [4.69, 9.17) is 0 Å². The molecule has 0 radical (unpaired) electrons. The fourth-order valence-electron chi connectivity index (χ4n) is 0.495. The normalized spacial score (nSPS) is 14.1. The van der Waals surface area contributed by atoms with Crippen LogP contribution in [0.4, 0.5) is 0 Å². The van der Waals surface area contributed by atoms with Gasteiger partial charge in [-0.2, -0.15) is 0 Å². The molecular weight excluding hydrogens is 204 g/mol. The van der Waals surface area contributed by atoms with Gasteiger partial charge in [0.15, 0.2) is 0 Å². The smallest absolute Gasteiger partial charge is 0.149 e. The Morgan fingerprint density at radius 1 is 1.45 bits per heavy atom. The lowest BCUT2D eigenvalue weighted by molar-refractivity contribution is -0.104. The van der Waals surface area contributed by atoms with Gasteiger partial charge in [0.05, 0.1) is 0 Å². The van der Waals surface area contributed by atoms with Crippen LogP contribution in [0.3, 0.4) is 0 Å². The minimum Gasteiger partial charge on any atom is -0.298 e. The second-order valence-electron chi connectivity index (χ2n) is 2.02. The summed E-state index contributed by atoms with van der Waals surface area (Å²) >= 11 is 3.27. The number of rotatable bonds is 3. The van der Waals surface area contributed by atoms with E-state index in [9.17, 15) is 4.79 Å². The summed E-state index contributed by atoms with van der Waals surface area (Å²) < 4.78 is 1.04. The van der Waals surface area contributed by atoms with E-state index in [-0.39, 0.29) is 0 Å². The number of carbonyl (C=O) groups is 1. The van der Waals surface area contributed by atoms with E-state index in [2.05, 4.69) is 15.9 Å². The molecule has 0 aliphatic carbocycles. The van der Waals surface area contributed by atoms with Crippen molar-refractivity contribution in [2.24, 2.45) is 0 Å². The molecule has 0 aromatic carbocycles. The highest BCUT2D eigenvalue weighted by Gasteiger charge is 1.82. The fourth-order valence-corrected chi connectivity index (χ4v) is 0.648. The summed E-state index contributed by atoms with van der Waals surface area (Å²) in [5.41, 5.74) is 0.690. The average molecular weight is 215 g/mol. The molecule has 0 N–H and O–H groups in total. The van der Waals surface area contributed by atoms with Gasteiger partial charge >= 0.3 is 0 Å². The van der Waals surface area contributed by atoms with Crippen molar-refractivity contribution in [2.75, 3.05) is 0 Å². The number of aldehydes is 1. The maximum absolute atomic E-state index is 10.3.